The zero-order valence-corrected chi connectivity index (χ0v) is 14.3. The zero-order valence-electron chi connectivity index (χ0n) is 14.3. The lowest BCUT2D eigenvalue weighted by molar-refractivity contribution is 0.00831. The van der Waals surface area contributed by atoms with Crippen LogP contribution in [0.25, 0.3) is 0 Å². The summed E-state index contributed by atoms with van der Waals surface area (Å²) in [6.45, 7) is 5.89. The van der Waals surface area contributed by atoms with Crippen LogP contribution >= 0.6 is 0 Å². The molecule has 0 spiro atoms. The molecule has 3 aromatic heterocycles. The lowest BCUT2D eigenvalue weighted by atomic mass is 10.2. The van der Waals surface area contributed by atoms with Crippen LogP contribution in [-0.2, 0) is 31.0 Å². The number of nitrogens with zero attached hydrogens (tertiary/aromatic N) is 4. The summed E-state index contributed by atoms with van der Waals surface area (Å²) in [5, 5.41) is 4.13. The van der Waals surface area contributed by atoms with Crippen molar-refractivity contribution in [1.82, 2.24) is 19.6 Å². The molecule has 130 valence electrons. The van der Waals surface area contributed by atoms with Gasteiger partial charge in [-0.3, -0.25) is 9.88 Å². The van der Waals surface area contributed by atoms with Gasteiger partial charge in [0.2, 0.25) is 0 Å². The van der Waals surface area contributed by atoms with Crippen molar-refractivity contribution in [3.8, 4) is 0 Å². The lowest BCUT2D eigenvalue weighted by Crippen LogP contribution is -2.32. The third-order valence-electron chi connectivity index (χ3n) is 4.47. The third kappa shape index (κ3) is 3.97. The highest BCUT2D eigenvalue weighted by Crippen LogP contribution is 2.18. The summed E-state index contributed by atoms with van der Waals surface area (Å²) >= 11 is 0. The molecule has 0 radical (unpaired) electrons. The van der Waals surface area contributed by atoms with Crippen molar-refractivity contribution in [1.29, 1.82) is 0 Å². The van der Waals surface area contributed by atoms with Crippen LogP contribution in [0.2, 0.25) is 0 Å². The SMILES string of the molecule is Cc1cc(CN2Cc3cccn3C[C@@H](OCc3ccncc3)C2)no1. The molecule has 25 heavy (non-hydrogen) atoms. The molecule has 0 fully saturated rings. The number of fused-ring (bicyclic) bond motifs is 1. The molecule has 0 saturated heterocycles. The largest absolute Gasteiger partial charge is 0.370 e. The number of aromatic nitrogens is 3. The maximum absolute atomic E-state index is 6.21. The molecular weight excluding hydrogens is 316 g/mol. The van der Waals surface area contributed by atoms with Gasteiger partial charge in [-0.05, 0) is 36.8 Å². The Morgan fingerprint density at radius 2 is 2.12 bits per heavy atom. The van der Waals surface area contributed by atoms with Crippen LogP contribution in [0.5, 0.6) is 0 Å². The van der Waals surface area contributed by atoms with Crippen LogP contribution in [0.1, 0.15) is 22.7 Å². The minimum atomic E-state index is 0.120. The third-order valence-corrected chi connectivity index (χ3v) is 4.47. The van der Waals surface area contributed by atoms with Crippen molar-refractivity contribution in [3.63, 3.8) is 0 Å². The average Bonchev–Trinajstić information content (AvgIpc) is 3.19. The van der Waals surface area contributed by atoms with E-state index in [1.807, 2.05) is 25.1 Å². The summed E-state index contributed by atoms with van der Waals surface area (Å²) in [6, 6.07) is 10.3. The van der Waals surface area contributed by atoms with Crippen LogP contribution in [0, 0.1) is 6.92 Å². The maximum Gasteiger partial charge on any atom is 0.133 e. The molecule has 3 aromatic rings. The quantitative estimate of drug-likeness (QED) is 0.716. The van der Waals surface area contributed by atoms with Gasteiger partial charge >= 0.3 is 0 Å². The van der Waals surface area contributed by atoms with E-state index in [2.05, 4.69) is 37.9 Å². The lowest BCUT2D eigenvalue weighted by Gasteiger charge is -2.23. The number of ether oxygens (including phenoxy) is 1. The molecule has 6 heteroatoms. The molecule has 1 aliphatic heterocycles. The summed E-state index contributed by atoms with van der Waals surface area (Å²) in [5.74, 6) is 0.846. The van der Waals surface area contributed by atoms with Crippen LogP contribution in [-0.4, -0.2) is 32.3 Å². The summed E-state index contributed by atoms with van der Waals surface area (Å²) < 4.78 is 13.7. The Morgan fingerprint density at radius 3 is 2.92 bits per heavy atom. The molecule has 0 aromatic carbocycles. The average molecular weight is 338 g/mol. The number of hydrogen-bond acceptors (Lipinski definition) is 5. The van der Waals surface area contributed by atoms with Crippen molar-refractivity contribution in [2.75, 3.05) is 6.54 Å². The van der Waals surface area contributed by atoms with Gasteiger partial charge in [-0.15, -0.1) is 0 Å². The van der Waals surface area contributed by atoms with E-state index in [0.717, 1.165) is 43.2 Å². The molecule has 0 N–H and O–H groups in total. The molecule has 4 rings (SSSR count). The highest BCUT2D eigenvalue weighted by molar-refractivity contribution is 5.11. The Morgan fingerprint density at radius 1 is 1.24 bits per heavy atom. The molecule has 0 unspecified atom stereocenters. The second-order valence-electron chi connectivity index (χ2n) is 6.54. The molecule has 0 amide bonds. The Kier molecular flexibility index (Phi) is 4.63. The molecule has 4 heterocycles. The predicted molar refractivity (Wildman–Crippen MR) is 92.6 cm³/mol. The fraction of sp³-hybridized carbons (Fsp3) is 0.368. The first kappa shape index (κ1) is 16.1. The first-order valence-corrected chi connectivity index (χ1v) is 8.55. The topological polar surface area (TPSA) is 56.3 Å². The van der Waals surface area contributed by atoms with E-state index in [1.165, 1.54) is 5.69 Å². The number of aryl methyl sites for hydroxylation is 1. The molecule has 0 bridgehead atoms. The van der Waals surface area contributed by atoms with Crippen LogP contribution in [0.15, 0.2) is 53.4 Å². The van der Waals surface area contributed by atoms with Crippen LogP contribution < -0.4 is 0 Å². The van der Waals surface area contributed by atoms with Crippen molar-refractivity contribution < 1.29 is 9.26 Å². The van der Waals surface area contributed by atoms with Gasteiger partial charge in [0, 0.05) is 56.5 Å². The van der Waals surface area contributed by atoms with E-state index in [-0.39, 0.29) is 6.10 Å². The zero-order chi connectivity index (χ0) is 17.1. The predicted octanol–water partition coefficient (Wildman–Crippen LogP) is 2.78. The van der Waals surface area contributed by atoms with Crippen molar-refractivity contribution >= 4 is 0 Å². The van der Waals surface area contributed by atoms with Gasteiger partial charge in [-0.2, -0.15) is 0 Å². The van der Waals surface area contributed by atoms with Crippen molar-refractivity contribution in [2.24, 2.45) is 0 Å². The second-order valence-corrected chi connectivity index (χ2v) is 6.54. The number of pyridine rings is 1. The van der Waals surface area contributed by atoms with E-state index >= 15 is 0 Å². The van der Waals surface area contributed by atoms with E-state index in [0.29, 0.717) is 6.61 Å². The van der Waals surface area contributed by atoms with E-state index < -0.39 is 0 Å². The fourth-order valence-electron chi connectivity index (χ4n) is 3.27. The Labute approximate surface area is 147 Å². The normalized spacial score (nSPS) is 18.0. The highest BCUT2D eigenvalue weighted by atomic mass is 16.5. The number of rotatable bonds is 5. The van der Waals surface area contributed by atoms with Gasteiger partial charge < -0.3 is 13.8 Å². The summed E-state index contributed by atoms with van der Waals surface area (Å²) in [4.78, 5) is 6.42. The van der Waals surface area contributed by atoms with E-state index in [1.54, 1.807) is 12.4 Å². The summed E-state index contributed by atoms with van der Waals surface area (Å²) in [6.07, 6.45) is 5.85. The summed E-state index contributed by atoms with van der Waals surface area (Å²) in [5.41, 5.74) is 3.41. The Bertz CT molecular complexity index is 812. The van der Waals surface area contributed by atoms with Crippen molar-refractivity contribution in [3.05, 3.63) is 71.6 Å². The van der Waals surface area contributed by atoms with Gasteiger partial charge in [0.25, 0.3) is 0 Å². The standard InChI is InChI=1S/C19H22N4O2/c1-15-9-17(21-25-15)10-22-11-18-3-2-8-23(18)13-19(12-22)24-14-16-4-6-20-7-5-16/h2-9,19H,10-14H2,1H3/t19-/m0/s1. The summed E-state index contributed by atoms with van der Waals surface area (Å²) in [7, 11) is 0. The van der Waals surface area contributed by atoms with Crippen LogP contribution in [0.4, 0.5) is 0 Å². The molecule has 1 aliphatic rings. The van der Waals surface area contributed by atoms with Gasteiger partial charge in [0.1, 0.15) is 5.76 Å². The van der Waals surface area contributed by atoms with Crippen LogP contribution in [0.3, 0.4) is 0 Å². The van der Waals surface area contributed by atoms with E-state index in [9.17, 15) is 0 Å². The van der Waals surface area contributed by atoms with Gasteiger partial charge in [0.15, 0.2) is 0 Å². The minimum absolute atomic E-state index is 0.120. The van der Waals surface area contributed by atoms with Gasteiger partial charge in [-0.1, -0.05) is 5.16 Å². The Hall–Kier alpha value is -2.44. The first-order valence-electron chi connectivity index (χ1n) is 8.55. The highest BCUT2D eigenvalue weighted by Gasteiger charge is 2.23. The van der Waals surface area contributed by atoms with Gasteiger partial charge in [-0.25, -0.2) is 0 Å². The smallest absolute Gasteiger partial charge is 0.133 e. The first-order chi connectivity index (χ1) is 12.3. The molecule has 0 saturated carbocycles. The Balaban J connectivity index is 1.47. The molecule has 1 atom stereocenters. The molecule has 0 aliphatic carbocycles. The maximum atomic E-state index is 6.21. The van der Waals surface area contributed by atoms with Gasteiger partial charge in [0.05, 0.1) is 18.4 Å². The number of hydrogen-bond donors (Lipinski definition) is 0. The fourth-order valence-corrected chi connectivity index (χ4v) is 3.27. The van der Waals surface area contributed by atoms with Crippen molar-refractivity contribution in [2.45, 2.75) is 39.3 Å². The van der Waals surface area contributed by atoms with E-state index in [4.69, 9.17) is 9.26 Å². The minimum Gasteiger partial charge on any atom is -0.370 e. The second kappa shape index (κ2) is 7.21. The molecular formula is C19H22N4O2. The monoisotopic (exact) mass is 338 g/mol. The molecule has 6 nitrogen and oxygen atoms in total.